The van der Waals surface area contributed by atoms with Crippen LogP contribution in [0.2, 0.25) is 0 Å². The summed E-state index contributed by atoms with van der Waals surface area (Å²) in [6.07, 6.45) is 3.76. The molecule has 0 radical (unpaired) electrons. The van der Waals surface area contributed by atoms with Crippen LogP contribution in [-0.4, -0.2) is 19.9 Å². The Kier molecular flexibility index (Phi) is 8.00. The first-order valence-corrected chi connectivity index (χ1v) is 18.5. The number of rotatable bonds is 7. The van der Waals surface area contributed by atoms with Crippen LogP contribution in [0.25, 0.3) is 67.5 Å². The monoisotopic (exact) mass is 702 g/mol. The van der Waals surface area contributed by atoms with E-state index in [4.69, 9.17) is 15.0 Å². The van der Waals surface area contributed by atoms with Crippen LogP contribution in [-0.2, 0) is 5.41 Å². The molecule has 7 aromatic carbocycles. The van der Waals surface area contributed by atoms with Gasteiger partial charge in [-0.05, 0) is 79.9 Å². The molecule has 10 rings (SSSR count). The lowest BCUT2D eigenvalue weighted by Crippen LogP contribution is -2.28. The van der Waals surface area contributed by atoms with Gasteiger partial charge in [-0.25, -0.2) is 15.0 Å². The van der Waals surface area contributed by atoms with Gasteiger partial charge in [-0.3, -0.25) is 4.98 Å². The first kappa shape index (κ1) is 32.4. The van der Waals surface area contributed by atoms with Crippen LogP contribution in [0, 0.1) is 0 Å². The lowest BCUT2D eigenvalue weighted by molar-refractivity contribution is 0.769. The third kappa shape index (κ3) is 5.63. The minimum atomic E-state index is -0.553. The second-order valence-electron chi connectivity index (χ2n) is 13.9. The molecular weight excluding hydrogens is 669 g/mol. The van der Waals surface area contributed by atoms with Gasteiger partial charge in [-0.1, -0.05) is 170 Å². The van der Waals surface area contributed by atoms with Crippen molar-refractivity contribution in [2.45, 2.75) is 5.41 Å². The van der Waals surface area contributed by atoms with Crippen molar-refractivity contribution in [3.8, 4) is 67.5 Å². The molecule has 0 fully saturated rings. The summed E-state index contributed by atoms with van der Waals surface area (Å²) in [4.78, 5) is 19.4. The first-order valence-electron chi connectivity index (χ1n) is 18.5. The highest BCUT2D eigenvalue weighted by Gasteiger charge is 2.46. The van der Waals surface area contributed by atoms with Crippen LogP contribution in [0.3, 0.4) is 0 Å². The zero-order valence-corrected chi connectivity index (χ0v) is 29.9. The predicted molar refractivity (Wildman–Crippen MR) is 222 cm³/mol. The number of benzene rings is 7. The summed E-state index contributed by atoms with van der Waals surface area (Å²) < 4.78 is 0. The third-order valence-corrected chi connectivity index (χ3v) is 10.7. The molecule has 0 saturated carbocycles. The van der Waals surface area contributed by atoms with Crippen molar-refractivity contribution in [1.82, 2.24) is 19.9 Å². The zero-order valence-electron chi connectivity index (χ0n) is 29.9. The second-order valence-corrected chi connectivity index (χ2v) is 13.9. The van der Waals surface area contributed by atoms with Crippen molar-refractivity contribution in [3.05, 3.63) is 229 Å². The fourth-order valence-electron chi connectivity index (χ4n) is 8.20. The van der Waals surface area contributed by atoms with E-state index in [-0.39, 0.29) is 0 Å². The predicted octanol–water partition coefficient (Wildman–Crippen LogP) is 12.0. The Morgan fingerprint density at radius 1 is 0.309 bits per heavy atom. The Morgan fingerprint density at radius 3 is 1.27 bits per heavy atom. The summed E-state index contributed by atoms with van der Waals surface area (Å²) in [5.74, 6) is 1.92. The van der Waals surface area contributed by atoms with E-state index < -0.39 is 5.41 Å². The topological polar surface area (TPSA) is 51.6 Å². The number of nitrogens with zero attached hydrogens (tertiary/aromatic N) is 4. The van der Waals surface area contributed by atoms with Gasteiger partial charge in [0, 0.05) is 29.1 Å². The van der Waals surface area contributed by atoms with Crippen molar-refractivity contribution < 1.29 is 0 Å². The lowest BCUT2D eigenvalue weighted by atomic mass is 9.67. The number of fused-ring (bicyclic) bond motifs is 3. The van der Waals surface area contributed by atoms with E-state index in [9.17, 15) is 0 Å². The molecule has 0 amide bonds. The van der Waals surface area contributed by atoms with Crippen LogP contribution in [0.4, 0.5) is 0 Å². The normalized spacial score (nSPS) is 12.5. The van der Waals surface area contributed by atoms with Crippen LogP contribution < -0.4 is 0 Å². The van der Waals surface area contributed by atoms with E-state index >= 15 is 0 Å². The van der Waals surface area contributed by atoms with Crippen LogP contribution in [0.5, 0.6) is 0 Å². The molecule has 0 atom stereocenters. The van der Waals surface area contributed by atoms with Gasteiger partial charge in [0.25, 0.3) is 0 Å². The molecule has 0 unspecified atom stereocenters. The zero-order chi connectivity index (χ0) is 36.6. The maximum atomic E-state index is 5.02. The molecule has 2 heterocycles. The van der Waals surface area contributed by atoms with E-state index in [1.165, 1.54) is 33.4 Å². The number of hydrogen-bond acceptors (Lipinski definition) is 4. The molecule has 0 saturated heterocycles. The van der Waals surface area contributed by atoms with Crippen LogP contribution in [0.15, 0.2) is 207 Å². The summed E-state index contributed by atoms with van der Waals surface area (Å²) in [5.41, 5.74) is 14.2. The fourth-order valence-corrected chi connectivity index (χ4v) is 8.20. The molecule has 4 nitrogen and oxygen atoms in total. The fraction of sp³-hybridized carbons (Fsp3) is 0.0196. The SMILES string of the molecule is c1ccc(-c2nc(-c3ccccc3)nc(-c3cccc(-c4cccc(C5(c6cccc(-c7cccnc7)c6)c6ccccc6-c6ccccc65)c4)c3)n2)cc1. The van der Waals surface area contributed by atoms with E-state index in [0.717, 1.165) is 38.9 Å². The minimum Gasteiger partial charge on any atom is -0.264 e. The van der Waals surface area contributed by atoms with E-state index in [1.807, 2.05) is 79.1 Å². The number of hydrogen-bond donors (Lipinski definition) is 0. The molecule has 0 spiro atoms. The van der Waals surface area contributed by atoms with Crippen LogP contribution in [0.1, 0.15) is 22.3 Å². The largest absolute Gasteiger partial charge is 0.264 e. The summed E-state index contributed by atoms with van der Waals surface area (Å²) in [6.45, 7) is 0. The van der Waals surface area contributed by atoms with Gasteiger partial charge >= 0.3 is 0 Å². The lowest BCUT2D eigenvalue weighted by Gasteiger charge is -2.34. The van der Waals surface area contributed by atoms with Crippen LogP contribution >= 0.6 is 0 Å². The molecule has 0 bridgehead atoms. The summed E-state index contributed by atoms with van der Waals surface area (Å²) >= 11 is 0. The van der Waals surface area contributed by atoms with E-state index in [0.29, 0.717) is 17.5 Å². The molecule has 4 heteroatoms. The van der Waals surface area contributed by atoms with Crippen molar-refractivity contribution in [2.75, 3.05) is 0 Å². The molecular formula is C51H34N4. The maximum absolute atomic E-state index is 5.02. The molecule has 1 aliphatic rings. The average molecular weight is 703 g/mol. The smallest absolute Gasteiger partial charge is 0.164 e. The van der Waals surface area contributed by atoms with Gasteiger partial charge in [-0.2, -0.15) is 0 Å². The van der Waals surface area contributed by atoms with Gasteiger partial charge < -0.3 is 0 Å². The number of pyridine rings is 1. The quantitative estimate of drug-likeness (QED) is 0.166. The highest BCUT2D eigenvalue weighted by atomic mass is 15.0. The molecule has 9 aromatic rings. The third-order valence-electron chi connectivity index (χ3n) is 10.7. The van der Waals surface area contributed by atoms with Gasteiger partial charge in [0.05, 0.1) is 5.41 Å². The van der Waals surface area contributed by atoms with E-state index in [1.54, 1.807) is 0 Å². The summed E-state index contributed by atoms with van der Waals surface area (Å²) in [5, 5.41) is 0. The standard InChI is InChI=1S/C51H34N4/c1-3-15-35(16-4-1)48-53-49(36-17-5-2-6-18-36)55-50(54-48)40-22-11-19-37(31-40)38-20-12-24-42(32-38)51(43-25-13-21-39(33-43)41-23-14-30-52-34-41)46-28-9-7-26-44(46)45-27-8-10-29-47(45)51/h1-34H. The minimum absolute atomic E-state index is 0.553. The average Bonchev–Trinajstić information content (AvgIpc) is 3.58. The molecule has 1 aliphatic carbocycles. The van der Waals surface area contributed by atoms with Gasteiger partial charge in [0.15, 0.2) is 17.5 Å². The Balaban J connectivity index is 1.14. The molecule has 0 N–H and O–H groups in total. The number of aromatic nitrogens is 4. The van der Waals surface area contributed by atoms with Crippen molar-refractivity contribution in [3.63, 3.8) is 0 Å². The van der Waals surface area contributed by atoms with Crippen molar-refractivity contribution in [1.29, 1.82) is 0 Å². The summed E-state index contributed by atoms with van der Waals surface area (Å²) in [7, 11) is 0. The summed E-state index contributed by atoms with van der Waals surface area (Å²) in [6, 6.07) is 68.7. The maximum Gasteiger partial charge on any atom is 0.164 e. The van der Waals surface area contributed by atoms with Crippen molar-refractivity contribution >= 4 is 0 Å². The highest BCUT2D eigenvalue weighted by Crippen LogP contribution is 2.56. The highest BCUT2D eigenvalue weighted by molar-refractivity contribution is 5.87. The van der Waals surface area contributed by atoms with E-state index in [2.05, 4.69) is 132 Å². The van der Waals surface area contributed by atoms with Gasteiger partial charge in [0.2, 0.25) is 0 Å². The first-order chi connectivity index (χ1) is 27.3. The second kappa shape index (κ2) is 13.6. The Morgan fingerprint density at radius 2 is 0.727 bits per heavy atom. The van der Waals surface area contributed by atoms with Gasteiger partial charge in [0.1, 0.15) is 0 Å². The molecule has 55 heavy (non-hydrogen) atoms. The Bertz CT molecular complexity index is 2710. The van der Waals surface area contributed by atoms with Crippen molar-refractivity contribution in [2.24, 2.45) is 0 Å². The Labute approximate surface area is 320 Å². The van der Waals surface area contributed by atoms with Gasteiger partial charge in [-0.15, -0.1) is 0 Å². The molecule has 2 aromatic heterocycles. The Hall–Kier alpha value is -7.30. The molecule has 0 aliphatic heterocycles. The molecule has 258 valence electrons.